The van der Waals surface area contributed by atoms with Crippen LogP contribution in [0.15, 0.2) is 27.8 Å². The van der Waals surface area contributed by atoms with Gasteiger partial charge in [0.25, 0.3) is 0 Å². The van der Waals surface area contributed by atoms with E-state index in [0.29, 0.717) is 18.2 Å². The van der Waals surface area contributed by atoms with Crippen LogP contribution < -0.4 is 5.32 Å². The summed E-state index contributed by atoms with van der Waals surface area (Å²) in [6.07, 6.45) is 11.4. The number of hydrogen-bond acceptors (Lipinski definition) is 3. The first-order valence-electron chi connectivity index (χ1n) is 10.1. The average molecular weight is 471 g/mol. The molecule has 0 aromatic carbocycles. The summed E-state index contributed by atoms with van der Waals surface area (Å²) in [5.41, 5.74) is 0. The van der Waals surface area contributed by atoms with Crippen LogP contribution in [-0.2, 0) is 11.2 Å². The molecular weight excluding hydrogens is 441 g/mol. The van der Waals surface area contributed by atoms with Crippen molar-refractivity contribution in [1.29, 1.82) is 0 Å². The first kappa shape index (κ1) is 18.6. The van der Waals surface area contributed by atoms with E-state index in [1.54, 1.807) is 6.26 Å². The molecule has 1 aliphatic carbocycles. The Labute approximate surface area is 173 Å². The molecule has 2 bridgehead atoms. The number of hydrogen-bond donors (Lipinski definition) is 1. The third kappa shape index (κ3) is 3.63. The van der Waals surface area contributed by atoms with Gasteiger partial charge in [0.15, 0.2) is 5.96 Å². The number of halogens is 1. The maximum absolute atomic E-state index is 6.13. The normalized spacial score (nSPS) is 33.5. The van der Waals surface area contributed by atoms with Gasteiger partial charge in [0.05, 0.1) is 18.5 Å². The van der Waals surface area contributed by atoms with Crippen molar-refractivity contribution in [2.24, 2.45) is 16.8 Å². The van der Waals surface area contributed by atoms with Gasteiger partial charge < -0.3 is 19.4 Å². The standard InChI is InChI=1S/C20H29N3O2.HI/c1-2-5-14(4-1)22-20(21-10-9-15-6-3-11-24-15)23-12-16-17(13-23)19-8-7-18(16)25-19;/h3,6,11,14,16-19H,1-2,4-5,7-10,12-13H2,(H,21,22);1H. The third-order valence-electron chi connectivity index (χ3n) is 6.64. The Morgan fingerprint density at radius 1 is 1.12 bits per heavy atom. The fourth-order valence-electron chi connectivity index (χ4n) is 5.35. The molecule has 6 heteroatoms. The lowest BCUT2D eigenvalue weighted by atomic mass is 9.82. The van der Waals surface area contributed by atoms with Crippen LogP contribution in [0.3, 0.4) is 0 Å². The highest BCUT2D eigenvalue weighted by molar-refractivity contribution is 14.0. The summed E-state index contributed by atoms with van der Waals surface area (Å²) in [5, 5.41) is 3.78. The first-order chi connectivity index (χ1) is 12.4. The zero-order chi connectivity index (χ0) is 16.6. The smallest absolute Gasteiger partial charge is 0.194 e. The minimum atomic E-state index is 0. The van der Waals surface area contributed by atoms with Gasteiger partial charge in [-0.2, -0.15) is 0 Å². The van der Waals surface area contributed by atoms with Crippen molar-refractivity contribution in [3.63, 3.8) is 0 Å². The highest BCUT2D eigenvalue weighted by Gasteiger charge is 2.53. The molecule has 0 spiro atoms. The highest BCUT2D eigenvalue weighted by atomic mass is 127. The number of ether oxygens (including phenoxy) is 1. The Morgan fingerprint density at radius 3 is 2.50 bits per heavy atom. The summed E-state index contributed by atoms with van der Waals surface area (Å²) < 4.78 is 11.6. The second kappa shape index (κ2) is 8.09. The van der Waals surface area contributed by atoms with Crippen molar-refractivity contribution in [2.75, 3.05) is 19.6 Å². The molecule has 4 aliphatic rings. The number of rotatable bonds is 4. The summed E-state index contributed by atoms with van der Waals surface area (Å²) in [6.45, 7) is 3.02. The molecule has 3 aliphatic heterocycles. The van der Waals surface area contributed by atoms with Crippen LogP contribution in [0.5, 0.6) is 0 Å². The first-order valence-corrected chi connectivity index (χ1v) is 10.1. The van der Waals surface area contributed by atoms with Crippen molar-refractivity contribution in [2.45, 2.75) is 63.2 Å². The largest absolute Gasteiger partial charge is 0.469 e. The lowest BCUT2D eigenvalue weighted by Crippen LogP contribution is -2.45. The van der Waals surface area contributed by atoms with Gasteiger partial charge in [0, 0.05) is 43.9 Å². The molecule has 4 heterocycles. The zero-order valence-corrected chi connectivity index (χ0v) is 17.6. The third-order valence-corrected chi connectivity index (χ3v) is 6.64. The summed E-state index contributed by atoms with van der Waals surface area (Å²) in [4.78, 5) is 7.49. The molecule has 144 valence electrons. The van der Waals surface area contributed by atoms with Crippen molar-refractivity contribution in [1.82, 2.24) is 10.2 Å². The molecule has 4 unspecified atom stereocenters. The van der Waals surface area contributed by atoms with Crippen molar-refractivity contribution < 1.29 is 9.15 Å². The zero-order valence-electron chi connectivity index (χ0n) is 15.3. The van der Waals surface area contributed by atoms with Crippen LogP contribution >= 0.6 is 24.0 Å². The molecule has 0 amide bonds. The maximum atomic E-state index is 6.13. The predicted molar refractivity (Wildman–Crippen MR) is 112 cm³/mol. The molecule has 26 heavy (non-hydrogen) atoms. The number of furan rings is 1. The molecule has 1 N–H and O–H groups in total. The van der Waals surface area contributed by atoms with Crippen LogP contribution in [0.4, 0.5) is 0 Å². The van der Waals surface area contributed by atoms with Gasteiger partial charge in [-0.05, 0) is 37.8 Å². The van der Waals surface area contributed by atoms with E-state index in [9.17, 15) is 0 Å². The van der Waals surface area contributed by atoms with Gasteiger partial charge in [-0.3, -0.25) is 4.99 Å². The van der Waals surface area contributed by atoms with Gasteiger partial charge in [0.2, 0.25) is 0 Å². The lowest BCUT2D eigenvalue weighted by molar-refractivity contribution is 0.0766. The number of likely N-dealkylation sites (tertiary alicyclic amines) is 1. The van der Waals surface area contributed by atoms with E-state index in [1.165, 1.54) is 38.5 Å². The minimum absolute atomic E-state index is 0. The number of nitrogens with one attached hydrogen (secondary N) is 1. The van der Waals surface area contributed by atoms with Crippen molar-refractivity contribution in [3.05, 3.63) is 24.2 Å². The van der Waals surface area contributed by atoms with E-state index in [4.69, 9.17) is 14.1 Å². The van der Waals surface area contributed by atoms with Crippen LogP contribution in [-0.4, -0.2) is 48.7 Å². The number of nitrogens with zero attached hydrogens (tertiary/aromatic N) is 2. The van der Waals surface area contributed by atoms with E-state index in [2.05, 4.69) is 10.2 Å². The second-order valence-corrected chi connectivity index (χ2v) is 8.18. The lowest BCUT2D eigenvalue weighted by Gasteiger charge is -2.26. The Morgan fingerprint density at radius 2 is 1.85 bits per heavy atom. The van der Waals surface area contributed by atoms with E-state index in [-0.39, 0.29) is 24.0 Å². The van der Waals surface area contributed by atoms with Gasteiger partial charge in [-0.1, -0.05) is 12.8 Å². The van der Waals surface area contributed by atoms with Gasteiger partial charge in [0.1, 0.15) is 5.76 Å². The van der Waals surface area contributed by atoms with Crippen LogP contribution in [0.25, 0.3) is 0 Å². The van der Waals surface area contributed by atoms with E-state index >= 15 is 0 Å². The molecular formula is C20H30IN3O2. The molecule has 1 aromatic heterocycles. The quantitative estimate of drug-likeness (QED) is 0.416. The molecule has 5 rings (SSSR count). The van der Waals surface area contributed by atoms with Crippen molar-refractivity contribution >= 4 is 29.9 Å². The van der Waals surface area contributed by atoms with Crippen LogP contribution in [0.1, 0.15) is 44.3 Å². The second-order valence-electron chi connectivity index (χ2n) is 8.18. The van der Waals surface area contributed by atoms with Gasteiger partial charge in [-0.25, -0.2) is 0 Å². The van der Waals surface area contributed by atoms with Crippen LogP contribution in [0.2, 0.25) is 0 Å². The summed E-state index contributed by atoms with van der Waals surface area (Å²) in [6, 6.07) is 4.60. The fourth-order valence-corrected chi connectivity index (χ4v) is 5.35. The molecule has 4 fully saturated rings. The Kier molecular flexibility index (Phi) is 5.78. The van der Waals surface area contributed by atoms with E-state index in [0.717, 1.165) is 49.6 Å². The summed E-state index contributed by atoms with van der Waals surface area (Å²) >= 11 is 0. The van der Waals surface area contributed by atoms with Crippen LogP contribution in [0, 0.1) is 11.8 Å². The average Bonchev–Trinajstić information content (AvgIpc) is 3.41. The van der Waals surface area contributed by atoms with E-state index in [1.807, 2.05) is 12.1 Å². The highest BCUT2D eigenvalue weighted by Crippen LogP contribution is 2.47. The molecule has 1 aromatic rings. The fraction of sp³-hybridized carbons (Fsp3) is 0.750. The summed E-state index contributed by atoms with van der Waals surface area (Å²) in [7, 11) is 0. The Bertz CT molecular complexity index is 597. The SMILES string of the molecule is I.c1coc(CCN=C(NC2CCCC2)N2CC3C4CCC(O4)C3C2)c1. The number of fused-ring (bicyclic) bond motifs is 5. The maximum Gasteiger partial charge on any atom is 0.194 e. The van der Waals surface area contributed by atoms with Gasteiger partial charge >= 0.3 is 0 Å². The Hall–Kier alpha value is -0.760. The summed E-state index contributed by atoms with van der Waals surface area (Å²) in [5.74, 6) is 3.60. The predicted octanol–water partition coefficient (Wildman–Crippen LogP) is 3.44. The number of aliphatic imine (C=N–C) groups is 1. The monoisotopic (exact) mass is 471 g/mol. The van der Waals surface area contributed by atoms with E-state index < -0.39 is 0 Å². The topological polar surface area (TPSA) is 50.0 Å². The van der Waals surface area contributed by atoms with Gasteiger partial charge in [-0.15, -0.1) is 24.0 Å². The molecule has 0 radical (unpaired) electrons. The molecule has 3 saturated heterocycles. The Balaban J connectivity index is 0.00000168. The minimum Gasteiger partial charge on any atom is -0.469 e. The molecule has 5 nitrogen and oxygen atoms in total. The number of guanidine groups is 1. The molecule has 1 saturated carbocycles. The van der Waals surface area contributed by atoms with Crippen molar-refractivity contribution in [3.8, 4) is 0 Å². The molecule has 4 atom stereocenters.